The van der Waals surface area contributed by atoms with Crippen molar-refractivity contribution in [2.24, 2.45) is 17.8 Å². The number of amides is 1. The van der Waals surface area contributed by atoms with E-state index in [1.165, 1.54) is 34.8 Å². The van der Waals surface area contributed by atoms with Crippen LogP contribution in [0.25, 0.3) is 5.65 Å². The number of fused-ring (bicyclic) bond motifs is 3. The van der Waals surface area contributed by atoms with Crippen LogP contribution in [-0.2, 0) is 11.3 Å². The predicted octanol–water partition coefficient (Wildman–Crippen LogP) is 1.44. The molecule has 0 saturated heterocycles. The molecule has 2 aliphatic rings. The molecule has 4 rings (SSSR count). The van der Waals surface area contributed by atoms with Gasteiger partial charge in [-0.3, -0.25) is 9.20 Å². The fourth-order valence-corrected chi connectivity index (χ4v) is 4.39. The quantitative estimate of drug-likeness (QED) is 0.908. The van der Waals surface area contributed by atoms with Crippen LogP contribution < -0.4 is 11.0 Å². The lowest BCUT2D eigenvalue weighted by atomic mass is 9.86. The Bertz CT molecular complexity index is 778. The van der Waals surface area contributed by atoms with Crippen LogP contribution in [0.1, 0.15) is 32.1 Å². The lowest BCUT2D eigenvalue weighted by Crippen LogP contribution is -2.34. The van der Waals surface area contributed by atoms with Crippen LogP contribution in [0.4, 0.5) is 0 Å². The minimum Gasteiger partial charge on any atom is -0.354 e. The molecule has 2 aromatic heterocycles. The lowest BCUT2D eigenvalue weighted by molar-refractivity contribution is -0.121. The molecule has 122 valence electrons. The second-order valence-corrected chi connectivity index (χ2v) is 6.94. The largest absolute Gasteiger partial charge is 0.354 e. The molecule has 2 aromatic rings. The van der Waals surface area contributed by atoms with E-state index in [0.29, 0.717) is 12.2 Å². The Balaban J connectivity index is 1.31. The Morgan fingerprint density at radius 2 is 2.22 bits per heavy atom. The van der Waals surface area contributed by atoms with Gasteiger partial charge in [-0.1, -0.05) is 12.5 Å². The third-order valence-electron chi connectivity index (χ3n) is 5.50. The summed E-state index contributed by atoms with van der Waals surface area (Å²) in [6.45, 7) is 0.687. The van der Waals surface area contributed by atoms with Gasteiger partial charge in [0.2, 0.25) is 5.91 Å². The summed E-state index contributed by atoms with van der Waals surface area (Å²) in [5, 5.41) is 7.12. The summed E-state index contributed by atoms with van der Waals surface area (Å²) in [5.41, 5.74) is 0.288. The summed E-state index contributed by atoms with van der Waals surface area (Å²) < 4.78 is 2.67. The van der Waals surface area contributed by atoms with Gasteiger partial charge in [0.05, 0.1) is 0 Å². The highest BCUT2D eigenvalue weighted by Gasteiger charge is 2.38. The van der Waals surface area contributed by atoms with Crippen molar-refractivity contribution in [1.82, 2.24) is 19.5 Å². The number of carbonyl (C=O) groups is 1. The molecule has 0 aliphatic heterocycles. The molecular formula is C17H22N4O2. The SMILES string of the molecule is O=C(Cn1nc2ccccn2c1=O)NCC[C@@H]1C[C@H]2CC[C@H]1C2. The van der Waals surface area contributed by atoms with Crippen molar-refractivity contribution >= 4 is 11.6 Å². The zero-order valence-electron chi connectivity index (χ0n) is 13.1. The molecule has 23 heavy (non-hydrogen) atoms. The first-order chi connectivity index (χ1) is 11.2. The van der Waals surface area contributed by atoms with Crippen LogP contribution in [0.3, 0.4) is 0 Å². The molecule has 0 aromatic carbocycles. The van der Waals surface area contributed by atoms with Crippen molar-refractivity contribution in [2.75, 3.05) is 6.54 Å². The van der Waals surface area contributed by atoms with E-state index in [1.54, 1.807) is 18.3 Å². The monoisotopic (exact) mass is 314 g/mol. The summed E-state index contributed by atoms with van der Waals surface area (Å²) in [6.07, 6.45) is 8.24. The van der Waals surface area contributed by atoms with Gasteiger partial charge < -0.3 is 5.32 Å². The van der Waals surface area contributed by atoms with Crippen LogP contribution in [-0.4, -0.2) is 26.6 Å². The summed E-state index contributed by atoms with van der Waals surface area (Å²) in [7, 11) is 0. The predicted molar refractivity (Wildman–Crippen MR) is 86.0 cm³/mol. The second-order valence-electron chi connectivity index (χ2n) is 6.94. The Labute approximate surface area is 134 Å². The first kappa shape index (κ1) is 14.5. The first-order valence-electron chi connectivity index (χ1n) is 8.51. The number of aromatic nitrogens is 3. The number of nitrogens with zero attached hydrogens (tertiary/aromatic N) is 3. The summed E-state index contributed by atoms with van der Waals surface area (Å²) >= 11 is 0. The Morgan fingerprint density at radius 3 is 2.96 bits per heavy atom. The Morgan fingerprint density at radius 1 is 1.30 bits per heavy atom. The highest BCUT2D eigenvalue weighted by atomic mass is 16.2. The average molecular weight is 314 g/mol. The Kier molecular flexibility index (Phi) is 3.67. The van der Waals surface area contributed by atoms with E-state index < -0.39 is 0 Å². The molecule has 2 heterocycles. The highest BCUT2D eigenvalue weighted by molar-refractivity contribution is 5.75. The molecule has 2 bridgehead atoms. The van der Waals surface area contributed by atoms with Gasteiger partial charge in [0.1, 0.15) is 6.54 Å². The minimum absolute atomic E-state index is 0.0166. The van der Waals surface area contributed by atoms with Crippen molar-refractivity contribution < 1.29 is 4.79 Å². The topological polar surface area (TPSA) is 68.4 Å². The van der Waals surface area contributed by atoms with Crippen LogP contribution in [0, 0.1) is 17.8 Å². The molecule has 2 saturated carbocycles. The average Bonchev–Trinajstić information content (AvgIpc) is 3.24. The number of hydrogen-bond acceptors (Lipinski definition) is 3. The maximum Gasteiger partial charge on any atom is 0.350 e. The third kappa shape index (κ3) is 2.78. The van der Waals surface area contributed by atoms with Gasteiger partial charge in [-0.2, -0.15) is 0 Å². The van der Waals surface area contributed by atoms with E-state index >= 15 is 0 Å². The van der Waals surface area contributed by atoms with E-state index in [9.17, 15) is 9.59 Å². The summed E-state index contributed by atoms with van der Waals surface area (Å²) in [5.74, 6) is 2.47. The first-order valence-corrected chi connectivity index (χ1v) is 8.51. The smallest absolute Gasteiger partial charge is 0.350 e. The maximum atomic E-state index is 12.1. The maximum absolute atomic E-state index is 12.1. The standard InChI is InChI=1S/C17H22N4O2/c22-16(18-7-6-14-10-12-4-5-13(14)9-12)11-21-17(23)20-8-2-1-3-15(20)19-21/h1-3,8,12-14H,4-7,9-11H2,(H,18,22)/t12-,13-,14+/m0/s1. The van der Waals surface area contributed by atoms with E-state index in [0.717, 1.165) is 24.2 Å². The number of carbonyl (C=O) groups excluding carboxylic acids is 1. The van der Waals surface area contributed by atoms with Gasteiger partial charge in [-0.25, -0.2) is 9.48 Å². The van der Waals surface area contributed by atoms with E-state index in [1.807, 2.05) is 6.07 Å². The van der Waals surface area contributed by atoms with E-state index in [-0.39, 0.29) is 18.1 Å². The van der Waals surface area contributed by atoms with Gasteiger partial charge in [-0.05, 0) is 55.6 Å². The van der Waals surface area contributed by atoms with Crippen LogP contribution in [0.15, 0.2) is 29.2 Å². The summed E-state index contributed by atoms with van der Waals surface area (Å²) in [6, 6.07) is 5.35. The van der Waals surface area contributed by atoms with Gasteiger partial charge in [-0.15, -0.1) is 5.10 Å². The van der Waals surface area contributed by atoms with E-state index in [4.69, 9.17) is 0 Å². The zero-order chi connectivity index (χ0) is 15.8. The number of hydrogen-bond donors (Lipinski definition) is 1. The van der Waals surface area contributed by atoms with Crippen LogP contribution in [0.2, 0.25) is 0 Å². The number of pyridine rings is 1. The molecule has 6 heteroatoms. The normalized spacial score (nSPS) is 26.0. The number of rotatable bonds is 5. The van der Waals surface area contributed by atoms with Crippen LogP contribution >= 0.6 is 0 Å². The van der Waals surface area contributed by atoms with E-state index in [2.05, 4.69) is 10.4 Å². The van der Waals surface area contributed by atoms with Gasteiger partial charge in [0.25, 0.3) is 0 Å². The van der Waals surface area contributed by atoms with Crippen molar-refractivity contribution in [3.63, 3.8) is 0 Å². The lowest BCUT2D eigenvalue weighted by Gasteiger charge is -2.21. The molecule has 0 radical (unpaired) electrons. The number of nitrogens with one attached hydrogen (secondary N) is 1. The molecule has 1 N–H and O–H groups in total. The zero-order valence-corrected chi connectivity index (χ0v) is 13.1. The van der Waals surface area contributed by atoms with Crippen molar-refractivity contribution in [3.8, 4) is 0 Å². The molecule has 0 spiro atoms. The van der Waals surface area contributed by atoms with Crippen molar-refractivity contribution in [1.29, 1.82) is 0 Å². The van der Waals surface area contributed by atoms with Crippen LogP contribution in [0.5, 0.6) is 0 Å². The van der Waals surface area contributed by atoms with Crippen molar-refractivity contribution in [3.05, 3.63) is 34.9 Å². The van der Waals surface area contributed by atoms with Crippen molar-refractivity contribution in [2.45, 2.75) is 38.6 Å². The highest BCUT2D eigenvalue weighted by Crippen LogP contribution is 2.49. The van der Waals surface area contributed by atoms with Gasteiger partial charge >= 0.3 is 5.69 Å². The second kappa shape index (κ2) is 5.83. The fourth-order valence-electron chi connectivity index (χ4n) is 4.39. The van der Waals surface area contributed by atoms with Gasteiger partial charge in [0.15, 0.2) is 5.65 Å². The fraction of sp³-hybridized carbons (Fsp3) is 0.588. The van der Waals surface area contributed by atoms with Gasteiger partial charge in [0, 0.05) is 12.7 Å². The molecule has 2 fully saturated rings. The molecule has 2 aliphatic carbocycles. The molecule has 6 nitrogen and oxygen atoms in total. The third-order valence-corrected chi connectivity index (χ3v) is 5.50. The molecule has 0 unspecified atom stereocenters. The molecule has 3 atom stereocenters. The summed E-state index contributed by atoms with van der Waals surface area (Å²) in [4.78, 5) is 24.2. The molecule has 1 amide bonds. The minimum atomic E-state index is -0.274. The Hall–Kier alpha value is -2.11. The molecular weight excluding hydrogens is 292 g/mol.